The van der Waals surface area contributed by atoms with Crippen LogP contribution in [-0.4, -0.2) is 5.97 Å². The molecule has 0 rings (SSSR count). The molecule has 0 aliphatic carbocycles. The van der Waals surface area contributed by atoms with Crippen molar-refractivity contribution >= 4 is 5.97 Å². The largest absolute Gasteiger partial charge is 1.00 e. The van der Waals surface area contributed by atoms with Gasteiger partial charge in [-0.25, -0.2) is 0 Å². The smallest absolute Gasteiger partial charge is 0.550 e. The minimum absolute atomic E-state index is 0. The summed E-state index contributed by atoms with van der Waals surface area (Å²) < 4.78 is 0. The van der Waals surface area contributed by atoms with E-state index in [4.69, 9.17) is 0 Å². The van der Waals surface area contributed by atoms with Crippen LogP contribution >= 0.6 is 0 Å². The van der Waals surface area contributed by atoms with Crippen LogP contribution in [0.2, 0.25) is 0 Å². The molecule has 0 spiro atoms. The zero-order valence-electron chi connectivity index (χ0n) is 14.2. The third-order valence-corrected chi connectivity index (χ3v) is 3.48. The molecule has 0 saturated heterocycles. The van der Waals surface area contributed by atoms with Gasteiger partial charge >= 0.3 is 80.9 Å². The number of aliphatic carboxylic acids is 1. The summed E-state index contributed by atoms with van der Waals surface area (Å²) in [7, 11) is 0. The Bertz CT molecular complexity index is 189. The quantitative estimate of drug-likeness (QED) is 0.281. The van der Waals surface area contributed by atoms with E-state index in [1.54, 1.807) is 0 Å². The minimum atomic E-state index is -0.905. The van der Waals surface area contributed by atoms with Gasteiger partial charge < -0.3 is 9.90 Å². The van der Waals surface area contributed by atoms with Gasteiger partial charge in [0.25, 0.3) is 0 Å². The average Bonchev–Trinajstić information content (AvgIpc) is 2.34. The summed E-state index contributed by atoms with van der Waals surface area (Å²) in [5.41, 5.74) is 0. The molecule has 0 radical (unpaired) electrons. The number of rotatable bonds is 14. The van der Waals surface area contributed by atoms with Crippen molar-refractivity contribution in [1.29, 1.82) is 0 Å². The maximum absolute atomic E-state index is 10.2. The van der Waals surface area contributed by atoms with Gasteiger partial charge in [0.05, 0.1) is 0 Å². The van der Waals surface area contributed by atoms with Crippen molar-refractivity contribution in [3.8, 4) is 0 Å². The molecular weight excluding hydrogens is 286 g/mol. The van der Waals surface area contributed by atoms with Crippen LogP contribution in [0.15, 0.2) is 0 Å². The number of unbranched alkanes of at least 4 members (excludes halogenated alkanes) is 12. The molecule has 20 heavy (non-hydrogen) atoms. The summed E-state index contributed by atoms with van der Waals surface area (Å²) in [5, 5.41) is 10.2. The molecule has 0 atom stereocenters. The fourth-order valence-corrected chi connectivity index (χ4v) is 2.29. The van der Waals surface area contributed by atoms with Gasteiger partial charge in [-0.3, -0.25) is 0 Å². The normalized spacial score (nSPS) is 9.65. The van der Waals surface area contributed by atoms with Crippen LogP contribution in [0.5, 0.6) is 0 Å². The molecule has 2 nitrogen and oxygen atoms in total. The molecule has 4 heteroatoms. The van der Waals surface area contributed by atoms with Crippen LogP contribution < -0.4 is 86.0 Å². The van der Waals surface area contributed by atoms with E-state index in [2.05, 4.69) is 6.92 Å². The number of hydrogen-bond acceptors (Lipinski definition) is 2. The number of carbonyl (C=O) groups is 1. The molecule has 0 aliphatic heterocycles. The number of carboxylic acids is 1. The van der Waals surface area contributed by atoms with E-state index in [-0.39, 0.29) is 87.4 Å². The second-order valence-corrected chi connectivity index (χ2v) is 5.36. The number of carbonyl (C=O) groups excluding carboxylic acids is 1. The van der Waals surface area contributed by atoms with Gasteiger partial charge in [-0.2, -0.15) is 0 Å². The fraction of sp³-hybridized carbons (Fsp3) is 0.938. The molecule has 0 heterocycles. The molecule has 0 unspecified atom stereocenters. The second-order valence-electron chi connectivity index (χ2n) is 5.36. The first kappa shape index (κ1) is 27.0. The van der Waals surface area contributed by atoms with Crippen molar-refractivity contribution in [1.82, 2.24) is 0 Å². The SMILES string of the molecule is CCCCCCCCCCCCCCCC(=O)[O-].[K+].[Na+]. The van der Waals surface area contributed by atoms with Crippen LogP contribution in [0.3, 0.4) is 0 Å². The zero-order valence-corrected chi connectivity index (χ0v) is 19.3. The van der Waals surface area contributed by atoms with Gasteiger partial charge in [-0.05, 0) is 12.8 Å². The van der Waals surface area contributed by atoms with Crippen LogP contribution in [0.4, 0.5) is 0 Å². The van der Waals surface area contributed by atoms with Crippen molar-refractivity contribution in [2.45, 2.75) is 96.8 Å². The molecule has 0 aromatic rings. The summed E-state index contributed by atoms with van der Waals surface area (Å²) >= 11 is 0. The Hall–Kier alpha value is 2.11. The van der Waals surface area contributed by atoms with E-state index < -0.39 is 5.97 Å². The summed E-state index contributed by atoms with van der Waals surface area (Å²) in [6.07, 6.45) is 16.9. The van der Waals surface area contributed by atoms with Gasteiger partial charge in [0.15, 0.2) is 0 Å². The second kappa shape index (κ2) is 23.4. The average molecular weight is 318 g/mol. The van der Waals surface area contributed by atoms with Crippen molar-refractivity contribution in [2.75, 3.05) is 0 Å². The third kappa shape index (κ3) is 25.1. The number of hydrogen-bond donors (Lipinski definition) is 0. The predicted octanol–water partition coefficient (Wildman–Crippen LogP) is -1.77. The van der Waals surface area contributed by atoms with Crippen molar-refractivity contribution in [3.05, 3.63) is 0 Å². The molecule has 0 aromatic heterocycles. The van der Waals surface area contributed by atoms with Gasteiger partial charge in [-0.15, -0.1) is 0 Å². The maximum Gasteiger partial charge on any atom is 1.00 e. The Labute approximate surface area is 191 Å². The van der Waals surface area contributed by atoms with Gasteiger partial charge in [0.2, 0.25) is 0 Å². The third-order valence-electron chi connectivity index (χ3n) is 3.48. The standard InChI is InChI=1S/C16H32O2.K.Na/c1-2-3-4-5-6-7-8-9-10-11-12-13-14-15-16(17)18;;/h2-15H2,1H3,(H,17,18);;/q;2*+1/p-1. The van der Waals surface area contributed by atoms with Crippen LogP contribution in [0.1, 0.15) is 96.8 Å². The Morgan fingerprint density at radius 3 is 1.30 bits per heavy atom. The fourth-order valence-electron chi connectivity index (χ4n) is 2.29. The summed E-state index contributed by atoms with van der Waals surface area (Å²) in [6.45, 7) is 2.26. The Morgan fingerprint density at radius 1 is 0.700 bits per heavy atom. The van der Waals surface area contributed by atoms with Gasteiger partial charge in [0, 0.05) is 5.97 Å². The van der Waals surface area contributed by atoms with Crippen LogP contribution in [-0.2, 0) is 4.79 Å². The van der Waals surface area contributed by atoms with Gasteiger partial charge in [-0.1, -0.05) is 84.0 Å². The predicted molar refractivity (Wildman–Crippen MR) is 75.3 cm³/mol. The first-order chi connectivity index (χ1) is 8.77. The molecule has 0 bridgehead atoms. The molecule has 0 aromatic carbocycles. The zero-order chi connectivity index (χ0) is 13.5. The Morgan fingerprint density at radius 2 is 1.00 bits per heavy atom. The van der Waals surface area contributed by atoms with Gasteiger partial charge in [0.1, 0.15) is 0 Å². The first-order valence-electron chi connectivity index (χ1n) is 7.97. The van der Waals surface area contributed by atoms with E-state index in [0.717, 1.165) is 12.8 Å². The van der Waals surface area contributed by atoms with E-state index >= 15 is 0 Å². The molecule has 108 valence electrons. The van der Waals surface area contributed by atoms with E-state index in [1.807, 2.05) is 0 Å². The van der Waals surface area contributed by atoms with Crippen molar-refractivity contribution in [2.24, 2.45) is 0 Å². The molecule has 0 saturated carbocycles. The first-order valence-corrected chi connectivity index (χ1v) is 7.97. The van der Waals surface area contributed by atoms with Crippen LogP contribution in [0.25, 0.3) is 0 Å². The molecule has 0 amide bonds. The van der Waals surface area contributed by atoms with Crippen molar-refractivity contribution in [3.63, 3.8) is 0 Å². The van der Waals surface area contributed by atoms with E-state index in [1.165, 1.54) is 70.6 Å². The monoisotopic (exact) mass is 317 g/mol. The van der Waals surface area contributed by atoms with E-state index in [9.17, 15) is 9.90 Å². The molecular formula is C16H31KNaO2+. The summed E-state index contributed by atoms with van der Waals surface area (Å²) in [5.74, 6) is -0.905. The maximum atomic E-state index is 10.2. The molecule has 0 fully saturated rings. The van der Waals surface area contributed by atoms with E-state index in [0.29, 0.717) is 0 Å². The molecule has 0 N–H and O–H groups in total. The van der Waals surface area contributed by atoms with Crippen molar-refractivity contribution < 1.29 is 90.8 Å². The molecule has 0 aliphatic rings. The summed E-state index contributed by atoms with van der Waals surface area (Å²) in [6, 6.07) is 0. The Balaban J connectivity index is -0.00000144. The summed E-state index contributed by atoms with van der Waals surface area (Å²) in [4.78, 5) is 10.2. The Kier molecular flexibility index (Phi) is 31.5. The van der Waals surface area contributed by atoms with Crippen LogP contribution in [0, 0.1) is 0 Å². The minimum Gasteiger partial charge on any atom is -0.550 e. The number of carboxylic acid groups (broad SMARTS) is 1. The topological polar surface area (TPSA) is 40.1 Å².